The summed E-state index contributed by atoms with van der Waals surface area (Å²) in [5, 5.41) is 5.27. The first-order chi connectivity index (χ1) is 20.8. The van der Waals surface area contributed by atoms with Gasteiger partial charge in [0.2, 0.25) is 15.9 Å². The molecule has 5 atom stereocenters. The Bertz CT molecular complexity index is 1520. The van der Waals surface area contributed by atoms with Gasteiger partial charge < -0.3 is 19.3 Å². The smallest absolute Gasteiger partial charge is 0.337 e. The number of nitrogens with zero attached hydrogens (tertiary/aromatic N) is 2. The number of carbonyl (C=O) groups excluding carboxylic acids is 2. The van der Waals surface area contributed by atoms with E-state index in [1.165, 1.54) is 18.2 Å². The maximum absolute atomic E-state index is 13.0. The number of amides is 1. The molecule has 11 heteroatoms. The highest BCUT2D eigenvalue weighted by Crippen LogP contribution is 2.46. The average molecular weight is 646 g/mol. The lowest BCUT2D eigenvalue weighted by Crippen LogP contribution is -2.49. The largest absolute Gasteiger partial charge is 0.490 e. The van der Waals surface area contributed by atoms with Crippen LogP contribution in [0.1, 0.15) is 67.4 Å². The third-order valence-corrected chi connectivity index (χ3v) is 12.0. The Morgan fingerprint density at radius 3 is 2.61 bits per heavy atom. The molecule has 9 nitrogen and oxygen atoms in total. The molecule has 0 bridgehead atoms. The van der Waals surface area contributed by atoms with E-state index in [1.54, 1.807) is 31.9 Å². The van der Waals surface area contributed by atoms with E-state index in [0.717, 1.165) is 61.7 Å². The Morgan fingerprint density at radius 2 is 1.93 bits per heavy atom. The van der Waals surface area contributed by atoms with Gasteiger partial charge in [0.15, 0.2) is 0 Å². The maximum atomic E-state index is 13.0. The first kappa shape index (κ1) is 32.6. The molecule has 1 aliphatic heterocycles. The van der Waals surface area contributed by atoms with E-state index in [0.29, 0.717) is 30.6 Å². The molecule has 3 aliphatic rings. The molecule has 1 amide bonds. The molecule has 2 aromatic rings. The summed E-state index contributed by atoms with van der Waals surface area (Å²) in [6.45, 7) is 5.93. The van der Waals surface area contributed by atoms with Crippen molar-refractivity contribution in [2.45, 2.75) is 63.0 Å². The third kappa shape index (κ3) is 6.72. The van der Waals surface area contributed by atoms with Crippen LogP contribution in [0.25, 0.3) is 0 Å². The third-order valence-electron chi connectivity index (χ3n) is 10.2. The van der Waals surface area contributed by atoms with Crippen molar-refractivity contribution in [2.24, 2.45) is 22.9 Å². The first-order valence-corrected chi connectivity index (χ1v) is 17.4. The van der Waals surface area contributed by atoms with Crippen molar-refractivity contribution in [3.05, 3.63) is 58.1 Å². The highest BCUT2D eigenvalue weighted by molar-refractivity contribution is 7.89. The van der Waals surface area contributed by atoms with Gasteiger partial charge in [0.05, 0.1) is 30.2 Å². The Kier molecular flexibility index (Phi) is 9.54. The number of halogens is 1. The summed E-state index contributed by atoms with van der Waals surface area (Å²) in [7, 11) is -0.530. The number of methoxy groups -OCH3 is 1. The summed E-state index contributed by atoms with van der Waals surface area (Å²) in [6.07, 6.45) is 5.18. The van der Waals surface area contributed by atoms with Gasteiger partial charge in [-0.05, 0) is 98.2 Å². The summed E-state index contributed by atoms with van der Waals surface area (Å²) >= 11 is 6.39. The molecule has 2 aliphatic carbocycles. The van der Waals surface area contributed by atoms with Crippen molar-refractivity contribution < 1.29 is 27.5 Å². The summed E-state index contributed by atoms with van der Waals surface area (Å²) < 4.78 is 35.1. The standard InChI is InChI=1S/C33H44ClN3O6S/c1-21(22(2)44(35,40)41)14-31(38)36(3)17-25-7-8-26(25)18-37-19-33(13-5-6-23-15-27(34)10-11-28(23)33)20-43-30-12-9-24(16-29(30)37)32(39)42-4/h9-12,15-16,21-22,25-26H,5-8,13-14,17-20H2,1-4H3,(H2,35,40,41)/t21-,22-,25-,26-,33?/m0/s1. The molecule has 1 fully saturated rings. The van der Waals surface area contributed by atoms with E-state index in [9.17, 15) is 18.0 Å². The van der Waals surface area contributed by atoms with Gasteiger partial charge in [-0.1, -0.05) is 24.6 Å². The van der Waals surface area contributed by atoms with Crippen molar-refractivity contribution >= 4 is 39.2 Å². The number of sulfonamides is 1. The van der Waals surface area contributed by atoms with Crippen LogP contribution >= 0.6 is 11.6 Å². The molecule has 2 N–H and O–H groups in total. The topological polar surface area (TPSA) is 119 Å². The Balaban J connectivity index is 1.37. The fourth-order valence-corrected chi connectivity index (χ4v) is 8.07. The number of fused-ring (bicyclic) bond motifs is 3. The number of ether oxygens (including phenoxy) is 2. The summed E-state index contributed by atoms with van der Waals surface area (Å²) in [5.74, 6) is 0.545. The second kappa shape index (κ2) is 12.9. The van der Waals surface area contributed by atoms with Gasteiger partial charge in [-0.3, -0.25) is 4.79 Å². The van der Waals surface area contributed by atoms with Crippen molar-refractivity contribution in [3.63, 3.8) is 0 Å². The first-order valence-electron chi connectivity index (χ1n) is 15.5. The zero-order valence-corrected chi connectivity index (χ0v) is 27.6. The van der Waals surface area contributed by atoms with Crippen molar-refractivity contribution in [1.82, 2.24) is 4.90 Å². The molecule has 44 heavy (non-hydrogen) atoms. The van der Waals surface area contributed by atoms with Crippen molar-refractivity contribution in [3.8, 4) is 5.75 Å². The minimum Gasteiger partial charge on any atom is -0.490 e. The van der Waals surface area contributed by atoms with Crippen LogP contribution in [0.15, 0.2) is 36.4 Å². The fourth-order valence-electron chi connectivity index (χ4n) is 7.14. The molecule has 5 rings (SSSR count). The van der Waals surface area contributed by atoms with Gasteiger partial charge in [-0.25, -0.2) is 18.4 Å². The summed E-state index contributed by atoms with van der Waals surface area (Å²) in [4.78, 5) is 29.7. The number of nitrogens with two attached hydrogens (primary N) is 1. The van der Waals surface area contributed by atoms with Crippen molar-refractivity contribution in [2.75, 3.05) is 45.3 Å². The SMILES string of the molecule is COC(=O)c1ccc2c(c1)N(C[C@@H]1CC[C@H]1CN(C)C(=O)C[C@H](C)[C@H](C)S(N)(=O)=O)CC1(CCCc3cc(Cl)ccc31)CO2. The van der Waals surface area contributed by atoms with E-state index < -0.39 is 21.2 Å². The van der Waals surface area contributed by atoms with E-state index in [4.69, 9.17) is 26.2 Å². The van der Waals surface area contributed by atoms with Crippen LogP contribution in [0, 0.1) is 17.8 Å². The van der Waals surface area contributed by atoms with E-state index in [-0.39, 0.29) is 23.7 Å². The van der Waals surface area contributed by atoms with Gasteiger partial charge in [0.1, 0.15) is 5.75 Å². The minimum absolute atomic E-state index is 0.0775. The zero-order chi connectivity index (χ0) is 31.8. The second-order valence-corrected chi connectivity index (χ2v) is 15.5. The van der Waals surface area contributed by atoms with Gasteiger partial charge in [0.25, 0.3) is 0 Å². The molecule has 0 saturated heterocycles. The molecular weight excluding hydrogens is 602 g/mol. The van der Waals surface area contributed by atoms with E-state index >= 15 is 0 Å². The monoisotopic (exact) mass is 645 g/mol. The summed E-state index contributed by atoms with van der Waals surface area (Å²) in [6, 6.07) is 11.7. The van der Waals surface area contributed by atoms with Crippen LogP contribution in [0.2, 0.25) is 5.02 Å². The molecule has 0 aromatic heterocycles. The number of esters is 1. The number of carbonyl (C=O) groups is 2. The number of anilines is 1. The lowest BCUT2D eigenvalue weighted by Gasteiger charge is -2.45. The van der Waals surface area contributed by atoms with Crippen molar-refractivity contribution in [1.29, 1.82) is 0 Å². The molecule has 1 heterocycles. The highest BCUT2D eigenvalue weighted by atomic mass is 35.5. The summed E-state index contributed by atoms with van der Waals surface area (Å²) in [5.41, 5.74) is 3.67. The molecule has 1 spiro atoms. The molecule has 1 unspecified atom stereocenters. The predicted octanol–water partition coefficient (Wildman–Crippen LogP) is 4.79. The quantitative estimate of drug-likeness (QED) is 0.390. The number of primary sulfonamides is 1. The number of hydrogen-bond acceptors (Lipinski definition) is 7. The second-order valence-electron chi connectivity index (χ2n) is 13.1. The lowest BCUT2D eigenvalue weighted by molar-refractivity contribution is -0.132. The number of aryl methyl sites for hydroxylation is 1. The van der Waals surface area contributed by atoms with E-state index in [2.05, 4.69) is 17.0 Å². The number of benzene rings is 2. The van der Waals surface area contributed by atoms with Crippen LogP contribution in [0.4, 0.5) is 5.69 Å². The lowest BCUT2D eigenvalue weighted by atomic mass is 9.69. The van der Waals surface area contributed by atoms with Gasteiger partial charge >= 0.3 is 5.97 Å². The Labute approximate surface area is 266 Å². The normalized spacial score (nSPS) is 24.2. The minimum atomic E-state index is -3.71. The van der Waals surface area contributed by atoms with E-state index in [1.807, 2.05) is 18.2 Å². The van der Waals surface area contributed by atoms with Crippen LogP contribution in [-0.4, -0.2) is 70.8 Å². The zero-order valence-electron chi connectivity index (χ0n) is 26.1. The number of rotatable bonds is 9. The van der Waals surface area contributed by atoms with Gasteiger partial charge in [-0.2, -0.15) is 0 Å². The predicted molar refractivity (Wildman–Crippen MR) is 172 cm³/mol. The van der Waals surface area contributed by atoms with Crippen LogP contribution < -0.4 is 14.8 Å². The van der Waals surface area contributed by atoms with Crippen LogP contribution in [0.3, 0.4) is 0 Å². The number of hydrogen-bond donors (Lipinski definition) is 1. The average Bonchev–Trinajstić information content (AvgIpc) is 3.13. The van der Waals surface area contributed by atoms with Crippen LogP contribution in [-0.2, 0) is 31.4 Å². The molecule has 0 radical (unpaired) electrons. The van der Waals surface area contributed by atoms with Gasteiger partial charge in [-0.15, -0.1) is 0 Å². The van der Waals surface area contributed by atoms with Gasteiger partial charge in [0, 0.05) is 43.5 Å². The molecule has 2 aromatic carbocycles. The molecule has 1 saturated carbocycles. The molecular formula is C33H44ClN3O6S. The highest BCUT2D eigenvalue weighted by Gasteiger charge is 2.43. The fraction of sp³-hybridized carbons (Fsp3) is 0.576. The van der Waals surface area contributed by atoms with Crippen LogP contribution in [0.5, 0.6) is 5.75 Å². The maximum Gasteiger partial charge on any atom is 0.337 e. The Hall–Kier alpha value is -2.82. The molecule has 240 valence electrons. The Morgan fingerprint density at radius 1 is 1.18 bits per heavy atom.